The Morgan fingerprint density at radius 3 is 1.27 bits per heavy atom. The average Bonchev–Trinajstić information content (AvgIpc) is 3.65. The van der Waals surface area contributed by atoms with Crippen LogP contribution in [0.15, 0.2) is 205 Å². The molecular weight excluding hydrogens is 671 g/mol. The predicted molar refractivity (Wildman–Crippen MR) is 225 cm³/mol. The Balaban J connectivity index is 1.13. The summed E-state index contributed by atoms with van der Waals surface area (Å²) < 4.78 is 6.13. The Hall–Kier alpha value is -7.43. The molecular formula is C51H33N3O. The molecule has 0 aliphatic carbocycles. The highest BCUT2D eigenvalue weighted by atomic mass is 16.3. The molecule has 0 atom stereocenters. The number of nitrogens with zero attached hydrogens (tertiary/aromatic N) is 3. The minimum Gasteiger partial charge on any atom is -0.456 e. The van der Waals surface area contributed by atoms with Crippen LogP contribution in [0.2, 0.25) is 0 Å². The number of hydrogen-bond acceptors (Lipinski definition) is 4. The van der Waals surface area contributed by atoms with E-state index in [1.807, 2.05) is 60.7 Å². The summed E-state index contributed by atoms with van der Waals surface area (Å²) in [5.74, 6) is 1.84. The van der Waals surface area contributed by atoms with Crippen molar-refractivity contribution >= 4 is 21.9 Å². The highest BCUT2D eigenvalue weighted by Crippen LogP contribution is 2.44. The molecule has 4 nitrogen and oxygen atoms in total. The van der Waals surface area contributed by atoms with Crippen molar-refractivity contribution < 1.29 is 4.42 Å². The van der Waals surface area contributed by atoms with Gasteiger partial charge in [-0.2, -0.15) is 0 Å². The van der Waals surface area contributed by atoms with Gasteiger partial charge < -0.3 is 4.42 Å². The summed E-state index contributed by atoms with van der Waals surface area (Å²) in [7, 11) is 0. The topological polar surface area (TPSA) is 51.8 Å². The van der Waals surface area contributed by atoms with Crippen LogP contribution in [0, 0.1) is 0 Å². The van der Waals surface area contributed by atoms with Crippen LogP contribution in [0.4, 0.5) is 0 Å². The first-order valence-corrected chi connectivity index (χ1v) is 18.4. The fourth-order valence-corrected chi connectivity index (χ4v) is 7.44. The van der Waals surface area contributed by atoms with Crippen molar-refractivity contribution in [1.82, 2.24) is 15.0 Å². The van der Waals surface area contributed by atoms with Crippen LogP contribution in [-0.2, 0) is 0 Å². The third kappa shape index (κ3) is 6.16. The number of rotatable bonds is 7. The van der Waals surface area contributed by atoms with Crippen molar-refractivity contribution in [2.24, 2.45) is 0 Å². The molecule has 2 heterocycles. The molecule has 55 heavy (non-hydrogen) atoms. The molecule has 0 aliphatic rings. The first kappa shape index (κ1) is 32.2. The van der Waals surface area contributed by atoms with Crippen LogP contribution >= 0.6 is 0 Å². The van der Waals surface area contributed by atoms with Gasteiger partial charge in [0.2, 0.25) is 0 Å². The number of furan rings is 1. The maximum atomic E-state index is 6.13. The van der Waals surface area contributed by atoms with Gasteiger partial charge in [0.1, 0.15) is 11.2 Å². The summed E-state index contributed by atoms with van der Waals surface area (Å²) in [6.45, 7) is 0. The lowest BCUT2D eigenvalue weighted by Crippen LogP contribution is -2.00. The van der Waals surface area contributed by atoms with E-state index in [-0.39, 0.29) is 0 Å². The van der Waals surface area contributed by atoms with Gasteiger partial charge in [-0.05, 0) is 80.9 Å². The van der Waals surface area contributed by atoms with Crippen molar-refractivity contribution in [3.63, 3.8) is 0 Å². The Kier molecular flexibility index (Phi) is 8.12. The molecule has 0 radical (unpaired) electrons. The summed E-state index contributed by atoms with van der Waals surface area (Å²) >= 11 is 0. The van der Waals surface area contributed by atoms with E-state index in [9.17, 15) is 0 Å². The van der Waals surface area contributed by atoms with Gasteiger partial charge in [0.25, 0.3) is 0 Å². The van der Waals surface area contributed by atoms with Gasteiger partial charge in [-0.3, -0.25) is 0 Å². The molecule has 0 bridgehead atoms. The molecule has 258 valence electrons. The normalized spacial score (nSPS) is 11.3. The largest absolute Gasteiger partial charge is 0.456 e. The van der Waals surface area contributed by atoms with Crippen LogP contribution < -0.4 is 0 Å². The van der Waals surface area contributed by atoms with Crippen molar-refractivity contribution in [2.75, 3.05) is 0 Å². The Labute approximate surface area is 319 Å². The van der Waals surface area contributed by atoms with E-state index in [2.05, 4.69) is 140 Å². The second kappa shape index (κ2) is 13.8. The van der Waals surface area contributed by atoms with Crippen molar-refractivity contribution in [3.05, 3.63) is 200 Å². The Bertz CT molecular complexity index is 2880. The molecule has 0 fully saturated rings. The molecule has 0 saturated heterocycles. The standard InChI is InChI=1S/C51H33N3O/c1-5-15-34(16-6-1)41-32-43(35-17-7-2-8-18-35)48(44(33-41)36-19-9-3-10-20-36)37-25-27-39(28-26-37)50-52-49(38-21-11-4-12-22-38)53-51(54-50)40-29-30-47-45(31-40)42-23-13-14-24-46(42)55-47/h1-33H. The zero-order chi connectivity index (χ0) is 36.6. The van der Waals surface area contributed by atoms with Gasteiger partial charge in [-0.25, -0.2) is 15.0 Å². The molecule has 8 aromatic carbocycles. The zero-order valence-corrected chi connectivity index (χ0v) is 29.8. The highest BCUT2D eigenvalue weighted by molar-refractivity contribution is 6.06. The summed E-state index contributed by atoms with van der Waals surface area (Å²) in [6, 6.07) is 69.6. The SMILES string of the molecule is c1ccc(-c2cc(-c3ccccc3)c(-c3ccc(-c4nc(-c5ccccc5)nc(-c5ccc6oc7ccccc7c6c5)n4)cc3)c(-c3ccccc3)c2)cc1. The number of hydrogen-bond donors (Lipinski definition) is 0. The quantitative estimate of drug-likeness (QED) is 0.166. The van der Waals surface area contributed by atoms with Crippen molar-refractivity contribution in [2.45, 2.75) is 0 Å². The first-order chi connectivity index (χ1) is 27.2. The summed E-state index contributed by atoms with van der Waals surface area (Å²) in [6.07, 6.45) is 0. The monoisotopic (exact) mass is 703 g/mol. The highest BCUT2D eigenvalue weighted by Gasteiger charge is 2.19. The third-order valence-corrected chi connectivity index (χ3v) is 10.1. The van der Waals surface area contributed by atoms with E-state index >= 15 is 0 Å². The Morgan fingerprint density at radius 1 is 0.273 bits per heavy atom. The van der Waals surface area contributed by atoms with E-state index in [0.29, 0.717) is 17.5 Å². The van der Waals surface area contributed by atoms with E-state index < -0.39 is 0 Å². The molecule has 0 N–H and O–H groups in total. The van der Waals surface area contributed by atoms with Crippen LogP contribution in [0.3, 0.4) is 0 Å². The summed E-state index contributed by atoms with van der Waals surface area (Å²) in [5, 5.41) is 2.09. The van der Waals surface area contributed by atoms with Crippen LogP contribution in [0.1, 0.15) is 0 Å². The van der Waals surface area contributed by atoms with Crippen LogP contribution in [0.5, 0.6) is 0 Å². The second-order valence-corrected chi connectivity index (χ2v) is 13.6. The van der Waals surface area contributed by atoms with Gasteiger partial charge in [0.05, 0.1) is 0 Å². The molecule has 0 unspecified atom stereocenters. The van der Waals surface area contributed by atoms with Gasteiger partial charge >= 0.3 is 0 Å². The molecule has 4 heteroatoms. The maximum absolute atomic E-state index is 6.13. The fourth-order valence-electron chi connectivity index (χ4n) is 7.44. The maximum Gasteiger partial charge on any atom is 0.164 e. The molecule has 10 rings (SSSR count). The fraction of sp³-hybridized carbons (Fsp3) is 0. The number of benzene rings is 8. The summed E-state index contributed by atoms with van der Waals surface area (Å²) in [4.78, 5) is 15.1. The van der Waals surface area contributed by atoms with Crippen molar-refractivity contribution in [3.8, 4) is 78.7 Å². The van der Waals surface area contributed by atoms with E-state index in [1.165, 1.54) is 27.8 Å². The molecule has 0 aliphatic heterocycles. The van der Waals surface area contributed by atoms with E-state index in [4.69, 9.17) is 19.4 Å². The minimum atomic E-state index is 0.606. The lowest BCUT2D eigenvalue weighted by atomic mass is 9.84. The van der Waals surface area contributed by atoms with Gasteiger partial charge in [0, 0.05) is 27.5 Å². The molecule has 2 aromatic heterocycles. The van der Waals surface area contributed by atoms with E-state index in [0.717, 1.165) is 55.3 Å². The minimum absolute atomic E-state index is 0.606. The van der Waals surface area contributed by atoms with Crippen LogP contribution in [-0.4, -0.2) is 15.0 Å². The number of aromatic nitrogens is 3. The van der Waals surface area contributed by atoms with Gasteiger partial charge in [0.15, 0.2) is 17.5 Å². The summed E-state index contributed by atoms with van der Waals surface area (Å²) in [5.41, 5.74) is 13.7. The number of para-hydroxylation sites is 1. The van der Waals surface area contributed by atoms with Crippen LogP contribution in [0.25, 0.3) is 101 Å². The smallest absolute Gasteiger partial charge is 0.164 e. The average molecular weight is 704 g/mol. The third-order valence-electron chi connectivity index (χ3n) is 10.1. The van der Waals surface area contributed by atoms with Crippen molar-refractivity contribution in [1.29, 1.82) is 0 Å². The van der Waals surface area contributed by atoms with E-state index in [1.54, 1.807) is 0 Å². The molecule has 0 spiro atoms. The second-order valence-electron chi connectivity index (χ2n) is 13.6. The molecule has 0 amide bonds. The van der Waals surface area contributed by atoms with Gasteiger partial charge in [-0.1, -0.05) is 164 Å². The first-order valence-electron chi connectivity index (χ1n) is 18.4. The lowest BCUT2D eigenvalue weighted by molar-refractivity contribution is 0.669. The zero-order valence-electron chi connectivity index (χ0n) is 29.8. The molecule has 10 aromatic rings. The predicted octanol–water partition coefficient (Wildman–Crippen LogP) is 13.4. The lowest BCUT2D eigenvalue weighted by Gasteiger charge is -2.19. The molecule has 0 saturated carbocycles. The Morgan fingerprint density at radius 2 is 0.691 bits per heavy atom. The number of fused-ring (bicyclic) bond motifs is 3. The van der Waals surface area contributed by atoms with Gasteiger partial charge in [-0.15, -0.1) is 0 Å².